The molecule has 98 valence electrons. The number of benzene rings is 3. The van der Waals surface area contributed by atoms with Crippen molar-refractivity contribution in [2.75, 3.05) is 0 Å². The van der Waals surface area contributed by atoms with Gasteiger partial charge in [0.15, 0.2) is 0 Å². The van der Waals surface area contributed by atoms with Crippen LogP contribution in [0.3, 0.4) is 0 Å². The van der Waals surface area contributed by atoms with Crippen LogP contribution < -0.4 is 0 Å². The number of imidazole rings is 1. The molecule has 20 heavy (non-hydrogen) atoms. The smallest absolute Gasteiger partial charge is 0.116 e. The summed E-state index contributed by atoms with van der Waals surface area (Å²) in [5.41, 5.74) is 2.12. The second-order valence-corrected chi connectivity index (χ2v) is 5.22. The predicted octanol–water partition coefficient (Wildman–Crippen LogP) is 3.89. The van der Waals surface area contributed by atoms with Crippen LogP contribution in [-0.4, -0.2) is 14.7 Å². The molecule has 0 fully saturated rings. The second kappa shape index (κ2) is 3.73. The standard InChI is InChI=1S/C17H14N2O/c1-10-18-17-15(19(10)2)8-6-12-4-3-11-5-7-13(20)9-14(11)16(12)17/h3-9,20H,1-2H3. The largest absolute Gasteiger partial charge is 0.508 e. The number of aryl methyl sites for hydroxylation is 2. The lowest BCUT2D eigenvalue weighted by Gasteiger charge is -2.06. The summed E-state index contributed by atoms with van der Waals surface area (Å²) in [6, 6.07) is 13.9. The van der Waals surface area contributed by atoms with E-state index in [0.717, 1.165) is 38.4 Å². The van der Waals surface area contributed by atoms with Crippen molar-refractivity contribution in [1.29, 1.82) is 0 Å². The Hall–Kier alpha value is -2.55. The topological polar surface area (TPSA) is 38.1 Å². The molecule has 0 saturated carbocycles. The third-order valence-electron chi connectivity index (χ3n) is 4.06. The fraction of sp³-hybridized carbons (Fsp3) is 0.118. The minimum absolute atomic E-state index is 0.287. The highest BCUT2D eigenvalue weighted by molar-refractivity contribution is 6.18. The summed E-state index contributed by atoms with van der Waals surface area (Å²) >= 11 is 0. The monoisotopic (exact) mass is 262 g/mol. The molecular weight excluding hydrogens is 248 g/mol. The maximum absolute atomic E-state index is 9.80. The van der Waals surface area contributed by atoms with Crippen LogP contribution in [0.5, 0.6) is 5.75 Å². The summed E-state index contributed by atoms with van der Waals surface area (Å²) < 4.78 is 2.09. The fourth-order valence-electron chi connectivity index (χ4n) is 2.90. The van der Waals surface area contributed by atoms with Gasteiger partial charge in [0.1, 0.15) is 11.6 Å². The maximum atomic E-state index is 9.80. The summed E-state index contributed by atoms with van der Waals surface area (Å²) in [5, 5.41) is 14.2. The molecule has 1 heterocycles. The van der Waals surface area contributed by atoms with Crippen LogP contribution in [0.2, 0.25) is 0 Å². The van der Waals surface area contributed by atoms with Gasteiger partial charge in [-0.3, -0.25) is 0 Å². The van der Waals surface area contributed by atoms with E-state index in [-0.39, 0.29) is 5.75 Å². The van der Waals surface area contributed by atoms with Crippen LogP contribution in [-0.2, 0) is 7.05 Å². The summed E-state index contributed by atoms with van der Waals surface area (Å²) in [7, 11) is 2.03. The van der Waals surface area contributed by atoms with Crippen LogP contribution in [0, 0.1) is 6.92 Å². The third kappa shape index (κ3) is 1.37. The molecule has 0 spiro atoms. The maximum Gasteiger partial charge on any atom is 0.116 e. The van der Waals surface area contributed by atoms with Gasteiger partial charge < -0.3 is 9.67 Å². The first-order chi connectivity index (χ1) is 9.65. The number of hydrogen-bond acceptors (Lipinski definition) is 2. The Morgan fingerprint density at radius 2 is 1.70 bits per heavy atom. The zero-order valence-corrected chi connectivity index (χ0v) is 11.4. The van der Waals surface area contributed by atoms with Crippen molar-refractivity contribution in [2.24, 2.45) is 7.05 Å². The van der Waals surface area contributed by atoms with Gasteiger partial charge in [-0.05, 0) is 41.3 Å². The molecule has 3 heteroatoms. The fourth-order valence-corrected chi connectivity index (χ4v) is 2.90. The third-order valence-corrected chi connectivity index (χ3v) is 4.06. The quantitative estimate of drug-likeness (QED) is 0.488. The summed E-state index contributed by atoms with van der Waals surface area (Å²) in [5.74, 6) is 1.28. The highest BCUT2D eigenvalue weighted by Crippen LogP contribution is 2.33. The van der Waals surface area contributed by atoms with Crippen molar-refractivity contribution < 1.29 is 5.11 Å². The van der Waals surface area contributed by atoms with E-state index in [9.17, 15) is 5.11 Å². The minimum Gasteiger partial charge on any atom is -0.508 e. The molecule has 0 aliphatic rings. The van der Waals surface area contributed by atoms with E-state index in [1.807, 2.05) is 26.1 Å². The number of phenols is 1. The van der Waals surface area contributed by atoms with Gasteiger partial charge in [0.05, 0.1) is 11.0 Å². The molecule has 0 amide bonds. The number of hydrogen-bond donors (Lipinski definition) is 1. The first kappa shape index (κ1) is 11.3. The van der Waals surface area contributed by atoms with Crippen LogP contribution in [0.4, 0.5) is 0 Å². The van der Waals surface area contributed by atoms with E-state index in [1.54, 1.807) is 6.07 Å². The number of aromatic nitrogens is 2. The summed E-state index contributed by atoms with van der Waals surface area (Å²) in [4.78, 5) is 4.70. The van der Waals surface area contributed by atoms with Crippen molar-refractivity contribution in [1.82, 2.24) is 9.55 Å². The number of fused-ring (bicyclic) bond motifs is 5. The van der Waals surface area contributed by atoms with Crippen LogP contribution in [0.1, 0.15) is 5.82 Å². The van der Waals surface area contributed by atoms with Crippen molar-refractivity contribution in [3.63, 3.8) is 0 Å². The van der Waals surface area contributed by atoms with Gasteiger partial charge in [-0.1, -0.05) is 24.3 Å². The number of rotatable bonds is 0. The lowest BCUT2D eigenvalue weighted by Crippen LogP contribution is -1.89. The molecule has 1 N–H and O–H groups in total. The van der Waals surface area contributed by atoms with Crippen molar-refractivity contribution in [2.45, 2.75) is 6.92 Å². The van der Waals surface area contributed by atoms with Gasteiger partial charge in [0.25, 0.3) is 0 Å². The molecular formula is C17H14N2O. The lowest BCUT2D eigenvalue weighted by molar-refractivity contribution is 0.476. The molecule has 4 aromatic rings. The highest BCUT2D eigenvalue weighted by Gasteiger charge is 2.11. The molecule has 0 bridgehead atoms. The van der Waals surface area contributed by atoms with Crippen LogP contribution in [0.15, 0.2) is 42.5 Å². The molecule has 0 atom stereocenters. The lowest BCUT2D eigenvalue weighted by atomic mass is 10.0. The number of aromatic hydroxyl groups is 1. The molecule has 0 aliphatic heterocycles. The summed E-state index contributed by atoms with van der Waals surface area (Å²) in [6.45, 7) is 2.01. The Kier molecular flexibility index (Phi) is 2.11. The number of nitrogens with zero attached hydrogens (tertiary/aromatic N) is 2. The second-order valence-electron chi connectivity index (χ2n) is 5.22. The molecule has 3 aromatic carbocycles. The first-order valence-electron chi connectivity index (χ1n) is 6.62. The Morgan fingerprint density at radius 3 is 2.55 bits per heavy atom. The Bertz CT molecular complexity index is 983. The van der Waals surface area contributed by atoms with Gasteiger partial charge in [0, 0.05) is 12.4 Å². The van der Waals surface area contributed by atoms with E-state index in [1.165, 1.54) is 0 Å². The Morgan fingerprint density at radius 1 is 1.00 bits per heavy atom. The van der Waals surface area contributed by atoms with E-state index in [0.29, 0.717) is 0 Å². The zero-order valence-electron chi connectivity index (χ0n) is 11.4. The zero-order chi connectivity index (χ0) is 13.9. The molecule has 0 unspecified atom stereocenters. The molecule has 3 nitrogen and oxygen atoms in total. The van der Waals surface area contributed by atoms with Gasteiger partial charge in [-0.2, -0.15) is 0 Å². The van der Waals surface area contributed by atoms with Crippen molar-refractivity contribution in [3.8, 4) is 5.75 Å². The van der Waals surface area contributed by atoms with Crippen molar-refractivity contribution in [3.05, 3.63) is 48.3 Å². The average Bonchev–Trinajstić information content (AvgIpc) is 2.74. The Balaban J connectivity index is 2.35. The SMILES string of the molecule is Cc1nc2c3c(ccc4ccc(O)cc43)ccc2n1C. The van der Waals surface area contributed by atoms with E-state index in [2.05, 4.69) is 28.8 Å². The van der Waals surface area contributed by atoms with Gasteiger partial charge in [-0.15, -0.1) is 0 Å². The van der Waals surface area contributed by atoms with Crippen molar-refractivity contribution >= 4 is 32.6 Å². The molecule has 0 saturated heterocycles. The predicted molar refractivity (Wildman–Crippen MR) is 82.1 cm³/mol. The van der Waals surface area contributed by atoms with Gasteiger partial charge in [0.2, 0.25) is 0 Å². The molecule has 4 rings (SSSR count). The molecule has 1 aromatic heterocycles. The molecule has 0 aliphatic carbocycles. The average molecular weight is 262 g/mol. The van der Waals surface area contributed by atoms with E-state index < -0.39 is 0 Å². The van der Waals surface area contributed by atoms with Gasteiger partial charge >= 0.3 is 0 Å². The number of phenolic OH excluding ortho intramolecular Hbond substituents is 1. The first-order valence-corrected chi connectivity index (χ1v) is 6.62. The Labute approximate surface area is 116 Å². The summed E-state index contributed by atoms with van der Waals surface area (Å²) in [6.07, 6.45) is 0. The van der Waals surface area contributed by atoms with Crippen LogP contribution in [0.25, 0.3) is 32.6 Å². The van der Waals surface area contributed by atoms with E-state index in [4.69, 9.17) is 4.98 Å². The van der Waals surface area contributed by atoms with E-state index >= 15 is 0 Å². The molecule has 0 radical (unpaired) electrons. The van der Waals surface area contributed by atoms with Gasteiger partial charge in [-0.25, -0.2) is 4.98 Å². The minimum atomic E-state index is 0.287. The highest BCUT2D eigenvalue weighted by atomic mass is 16.3. The van der Waals surface area contributed by atoms with Crippen LogP contribution >= 0.6 is 0 Å². The normalized spacial score (nSPS) is 11.7.